The number of anilines is 2. The Bertz CT molecular complexity index is 1060. The molecule has 0 amide bonds. The van der Waals surface area contributed by atoms with E-state index in [0.29, 0.717) is 17.3 Å². The maximum atomic E-state index is 5.93. The van der Waals surface area contributed by atoms with E-state index >= 15 is 0 Å². The molecule has 4 aromatic rings. The van der Waals surface area contributed by atoms with Crippen LogP contribution in [-0.4, -0.2) is 0 Å². The molecule has 0 aromatic heterocycles. The van der Waals surface area contributed by atoms with Crippen molar-refractivity contribution in [1.82, 2.24) is 0 Å². The second kappa shape index (κ2) is 9.92. The van der Waals surface area contributed by atoms with Crippen molar-refractivity contribution in [3.05, 3.63) is 108 Å². The standard InChI is InChI=1S/C28H28N2O2/c1-2-5-28(20-10-14-24(15-11-20)31-26-8-3-6-22(29)18-26)21-12-16-25(17-13-21)32-27-9-4-7-23(30)19-27/h3-4,6-19,28H,2,5,29-30H2,1H3. The minimum atomic E-state index is 0.308. The zero-order chi connectivity index (χ0) is 22.3. The fourth-order valence-electron chi connectivity index (χ4n) is 3.78. The smallest absolute Gasteiger partial charge is 0.129 e. The molecule has 4 rings (SSSR count). The van der Waals surface area contributed by atoms with Crippen molar-refractivity contribution < 1.29 is 9.47 Å². The van der Waals surface area contributed by atoms with Crippen LogP contribution >= 0.6 is 0 Å². The number of benzene rings is 4. The van der Waals surface area contributed by atoms with Gasteiger partial charge in [-0.1, -0.05) is 49.7 Å². The van der Waals surface area contributed by atoms with Crippen molar-refractivity contribution in [1.29, 1.82) is 0 Å². The molecule has 0 atom stereocenters. The van der Waals surface area contributed by atoms with Gasteiger partial charge in [0.05, 0.1) is 0 Å². The van der Waals surface area contributed by atoms with Crippen molar-refractivity contribution >= 4 is 11.4 Å². The highest BCUT2D eigenvalue weighted by Gasteiger charge is 2.14. The molecule has 0 aliphatic heterocycles. The summed E-state index contributed by atoms with van der Waals surface area (Å²) in [5.74, 6) is 3.36. The molecular weight excluding hydrogens is 396 g/mol. The first kappa shape index (κ1) is 21.3. The average Bonchev–Trinajstić information content (AvgIpc) is 2.79. The van der Waals surface area contributed by atoms with Crippen LogP contribution in [0, 0.1) is 0 Å². The molecule has 0 radical (unpaired) electrons. The van der Waals surface area contributed by atoms with Gasteiger partial charge in [0, 0.05) is 29.4 Å². The van der Waals surface area contributed by atoms with Crippen LogP contribution in [0.2, 0.25) is 0 Å². The fourth-order valence-corrected chi connectivity index (χ4v) is 3.78. The third-order valence-corrected chi connectivity index (χ3v) is 5.33. The first-order chi connectivity index (χ1) is 15.6. The Kier molecular flexibility index (Phi) is 6.61. The molecule has 4 aromatic carbocycles. The van der Waals surface area contributed by atoms with Crippen LogP contribution in [0.3, 0.4) is 0 Å². The van der Waals surface area contributed by atoms with Gasteiger partial charge < -0.3 is 20.9 Å². The maximum Gasteiger partial charge on any atom is 0.129 e. The van der Waals surface area contributed by atoms with Gasteiger partial charge in [-0.3, -0.25) is 0 Å². The summed E-state index contributed by atoms with van der Waals surface area (Å²) in [6.45, 7) is 2.21. The molecular formula is C28H28N2O2. The van der Waals surface area contributed by atoms with Crippen LogP contribution in [-0.2, 0) is 0 Å². The van der Waals surface area contributed by atoms with Gasteiger partial charge >= 0.3 is 0 Å². The SMILES string of the molecule is CCCC(c1ccc(Oc2cccc(N)c2)cc1)c1ccc(Oc2cccc(N)c2)cc1. The largest absolute Gasteiger partial charge is 0.457 e. The number of nitrogen functional groups attached to an aromatic ring is 2. The molecule has 4 nitrogen and oxygen atoms in total. The van der Waals surface area contributed by atoms with Crippen molar-refractivity contribution in [3.63, 3.8) is 0 Å². The first-order valence-electron chi connectivity index (χ1n) is 10.9. The quantitative estimate of drug-likeness (QED) is 0.290. The Morgan fingerprint density at radius 3 is 1.41 bits per heavy atom. The Morgan fingerprint density at radius 2 is 1.03 bits per heavy atom. The van der Waals surface area contributed by atoms with E-state index in [4.69, 9.17) is 20.9 Å². The van der Waals surface area contributed by atoms with E-state index < -0.39 is 0 Å². The summed E-state index contributed by atoms with van der Waals surface area (Å²) in [4.78, 5) is 0. The van der Waals surface area contributed by atoms with E-state index in [0.717, 1.165) is 35.8 Å². The Hall–Kier alpha value is -3.92. The normalized spacial score (nSPS) is 10.8. The molecule has 0 spiro atoms. The topological polar surface area (TPSA) is 70.5 Å². The highest BCUT2D eigenvalue weighted by Crippen LogP contribution is 2.33. The van der Waals surface area contributed by atoms with Crippen molar-refractivity contribution in [2.75, 3.05) is 11.5 Å². The summed E-state index contributed by atoms with van der Waals surface area (Å²) in [7, 11) is 0. The molecule has 0 heterocycles. The molecule has 0 fully saturated rings. The molecule has 162 valence electrons. The molecule has 0 aliphatic rings. The molecule has 0 aliphatic carbocycles. The molecule has 0 saturated carbocycles. The number of hydrogen-bond acceptors (Lipinski definition) is 4. The molecule has 0 bridgehead atoms. The van der Waals surface area contributed by atoms with E-state index in [1.807, 2.05) is 72.8 Å². The van der Waals surface area contributed by atoms with Gasteiger partial charge in [0.2, 0.25) is 0 Å². The van der Waals surface area contributed by atoms with Crippen LogP contribution in [0.25, 0.3) is 0 Å². The number of nitrogens with two attached hydrogens (primary N) is 2. The molecule has 0 unspecified atom stereocenters. The Labute approximate surface area is 189 Å². The van der Waals surface area contributed by atoms with Gasteiger partial charge in [-0.15, -0.1) is 0 Å². The summed E-state index contributed by atoms with van der Waals surface area (Å²) in [5, 5.41) is 0. The van der Waals surface area contributed by atoms with Gasteiger partial charge in [-0.05, 0) is 66.1 Å². The van der Waals surface area contributed by atoms with Crippen molar-refractivity contribution in [2.45, 2.75) is 25.7 Å². The van der Waals surface area contributed by atoms with Gasteiger partial charge in [0.15, 0.2) is 0 Å². The van der Waals surface area contributed by atoms with E-state index in [9.17, 15) is 0 Å². The first-order valence-corrected chi connectivity index (χ1v) is 10.9. The van der Waals surface area contributed by atoms with Crippen molar-refractivity contribution in [2.24, 2.45) is 0 Å². The van der Waals surface area contributed by atoms with E-state index in [-0.39, 0.29) is 0 Å². The second-order valence-corrected chi connectivity index (χ2v) is 7.83. The van der Waals surface area contributed by atoms with Crippen molar-refractivity contribution in [3.8, 4) is 23.0 Å². The zero-order valence-corrected chi connectivity index (χ0v) is 18.2. The van der Waals surface area contributed by atoms with E-state index in [1.54, 1.807) is 0 Å². The summed E-state index contributed by atoms with van der Waals surface area (Å²) >= 11 is 0. The third-order valence-electron chi connectivity index (χ3n) is 5.33. The van der Waals surface area contributed by atoms with E-state index in [1.165, 1.54) is 11.1 Å². The lowest BCUT2D eigenvalue weighted by atomic mass is 9.87. The molecule has 4 N–H and O–H groups in total. The fraction of sp³-hybridized carbons (Fsp3) is 0.143. The van der Waals surface area contributed by atoms with Gasteiger partial charge in [0.25, 0.3) is 0 Å². The summed E-state index contributed by atoms with van der Waals surface area (Å²) < 4.78 is 11.9. The minimum absolute atomic E-state index is 0.308. The lowest BCUT2D eigenvalue weighted by molar-refractivity contribution is 0.482. The van der Waals surface area contributed by atoms with Crippen LogP contribution < -0.4 is 20.9 Å². The summed E-state index contributed by atoms with van der Waals surface area (Å²) in [5.41, 5.74) is 15.6. The highest BCUT2D eigenvalue weighted by atomic mass is 16.5. The predicted molar refractivity (Wildman–Crippen MR) is 131 cm³/mol. The summed E-state index contributed by atoms with van der Waals surface area (Å²) in [6.07, 6.45) is 2.15. The minimum Gasteiger partial charge on any atom is -0.457 e. The lowest BCUT2D eigenvalue weighted by Gasteiger charge is -2.18. The number of hydrogen-bond donors (Lipinski definition) is 2. The van der Waals surface area contributed by atoms with Gasteiger partial charge in [0.1, 0.15) is 23.0 Å². The predicted octanol–water partition coefficient (Wildman–Crippen LogP) is 7.37. The lowest BCUT2D eigenvalue weighted by Crippen LogP contribution is -2.01. The van der Waals surface area contributed by atoms with Crippen LogP contribution in [0.4, 0.5) is 11.4 Å². The van der Waals surface area contributed by atoms with Crippen LogP contribution in [0.15, 0.2) is 97.1 Å². The molecule has 4 heteroatoms. The average molecular weight is 425 g/mol. The van der Waals surface area contributed by atoms with Gasteiger partial charge in [-0.2, -0.15) is 0 Å². The summed E-state index contributed by atoms with van der Waals surface area (Å²) in [6, 6.07) is 31.5. The van der Waals surface area contributed by atoms with E-state index in [2.05, 4.69) is 31.2 Å². The highest BCUT2D eigenvalue weighted by molar-refractivity contribution is 5.47. The number of rotatable bonds is 8. The molecule has 0 saturated heterocycles. The third kappa shape index (κ3) is 5.41. The van der Waals surface area contributed by atoms with Gasteiger partial charge in [-0.25, -0.2) is 0 Å². The second-order valence-electron chi connectivity index (χ2n) is 7.83. The van der Waals surface area contributed by atoms with Crippen LogP contribution in [0.1, 0.15) is 36.8 Å². The Balaban J connectivity index is 1.49. The van der Waals surface area contributed by atoms with Crippen LogP contribution in [0.5, 0.6) is 23.0 Å². The maximum absolute atomic E-state index is 5.93. The monoisotopic (exact) mass is 424 g/mol. The molecule has 32 heavy (non-hydrogen) atoms. The zero-order valence-electron chi connectivity index (χ0n) is 18.2. The Morgan fingerprint density at radius 1 is 0.594 bits per heavy atom. The number of ether oxygens (including phenoxy) is 2.